The van der Waals surface area contributed by atoms with Gasteiger partial charge in [-0.15, -0.1) is 0 Å². The van der Waals surface area contributed by atoms with E-state index in [-0.39, 0.29) is 36.4 Å². The van der Waals surface area contributed by atoms with Gasteiger partial charge in [0, 0.05) is 38.0 Å². The van der Waals surface area contributed by atoms with Crippen molar-refractivity contribution in [2.75, 3.05) is 26.7 Å². The summed E-state index contributed by atoms with van der Waals surface area (Å²) < 4.78 is 18.7. The fourth-order valence-electron chi connectivity index (χ4n) is 3.30. The molecule has 1 unspecified atom stereocenters. The van der Waals surface area contributed by atoms with Gasteiger partial charge in [-0.3, -0.25) is 9.59 Å². The number of nitrogens with zero attached hydrogens (tertiary/aromatic N) is 1. The van der Waals surface area contributed by atoms with Crippen LogP contribution in [0.3, 0.4) is 0 Å². The highest BCUT2D eigenvalue weighted by molar-refractivity contribution is 5.98. The van der Waals surface area contributed by atoms with Crippen LogP contribution in [-0.4, -0.2) is 43.3 Å². The minimum Gasteiger partial charge on any atom is -0.497 e. The lowest BCUT2D eigenvalue weighted by Gasteiger charge is -2.36. The Morgan fingerprint density at radius 1 is 1.19 bits per heavy atom. The number of hydrogen-bond acceptors (Lipinski definition) is 4. The van der Waals surface area contributed by atoms with Gasteiger partial charge < -0.3 is 15.0 Å². The Balaban J connectivity index is 1.63. The van der Waals surface area contributed by atoms with E-state index < -0.39 is 0 Å². The van der Waals surface area contributed by atoms with Crippen LogP contribution >= 0.6 is 0 Å². The molecule has 1 N–H and O–H groups in total. The maximum Gasteiger partial charge on any atom is 0.223 e. The molecule has 1 aliphatic rings. The number of ether oxygens (including phenoxy) is 1. The molecular weight excluding hydrogens is 347 g/mol. The number of hydrogen-bond donors (Lipinski definition) is 1. The molecule has 142 valence electrons. The third-order valence-electron chi connectivity index (χ3n) is 4.78. The fraction of sp³-hybridized carbons (Fsp3) is 0.333. The number of carbonyl (C=O) groups is 2. The van der Waals surface area contributed by atoms with Crippen LogP contribution in [0.15, 0.2) is 48.5 Å². The summed E-state index contributed by atoms with van der Waals surface area (Å²) in [5, 5.41) is 3.24. The number of methoxy groups -OCH3 is 1. The summed E-state index contributed by atoms with van der Waals surface area (Å²) >= 11 is 0. The summed E-state index contributed by atoms with van der Waals surface area (Å²) in [6.45, 7) is 1.79. The van der Waals surface area contributed by atoms with Crippen molar-refractivity contribution in [2.24, 2.45) is 0 Å². The highest BCUT2D eigenvalue weighted by Gasteiger charge is 2.28. The van der Waals surface area contributed by atoms with E-state index in [1.165, 1.54) is 12.1 Å². The molecule has 1 amide bonds. The van der Waals surface area contributed by atoms with Crippen LogP contribution in [0.2, 0.25) is 0 Å². The van der Waals surface area contributed by atoms with Crippen LogP contribution in [0.1, 0.15) is 34.8 Å². The Kier molecular flexibility index (Phi) is 6.19. The van der Waals surface area contributed by atoms with Gasteiger partial charge in [-0.05, 0) is 42.0 Å². The smallest absolute Gasteiger partial charge is 0.223 e. The number of halogens is 1. The molecule has 1 heterocycles. The molecule has 0 spiro atoms. The van der Waals surface area contributed by atoms with E-state index in [1.54, 1.807) is 42.3 Å². The van der Waals surface area contributed by atoms with Crippen LogP contribution in [0, 0.1) is 5.82 Å². The van der Waals surface area contributed by atoms with E-state index >= 15 is 0 Å². The van der Waals surface area contributed by atoms with E-state index in [0.717, 1.165) is 5.56 Å². The lowest BCUT2D eigenvalue weighted by Crippen LogP contribution is -2.48. The van der Waals surface area contributed by atoms with Crippen molar-refractivity contribution in [3.05, 3.63) is 65.5 Å². The highest BCUT2D eigenvalue weighted by atomic mass is 19.1. The second-order valence-electron chi connectivity index (χ2n) is 6.51. The lowest BCUT2D eigenvalue weighted by atomic mass is 10.0. The Morgan fingerprint density at radius 3 is 2.67 bits per heavy atom. The number of amides is 1. The van der Waals surface area contributed by atoms with Crippen molar-refractivity contribution in [3.8, 4) is 5.75 Å². The predicted octanol–water partition coefficient (Wildman–Crippen LogP) is 2.97. The molecule has 1 aliphatic heterocycles. The Labute approximate surface area is 158 Å². The van der Waals surface area contributed by atoms with Gasteiger partial charge >= 0.3 is 0 Å². The molecule has 3 rings (SSSR count). The van der Waals surface area contributed by atoms with E-state index in [0.29, 0.717) is 30.9 Å². The van der Waals surface area contributed by atoms with Crippen molar-refractivity contribution in [3.63, 3.8) is 0 Å². The number of ketones is 1. The number of carbonyl (C=O) groups excluding carboxylic acids is 2. The average Bonchev–Trinajstić information content (AvgIpc) is 2.72. The molecule has 27 heavy (non-hydrogen) atoms. The van der Waals surface area contributed by atoms with Gasteiger partial charge in [0.1, 0.15) is 11.6 Å². The third-order valence-corrected chi connectivity index (χ3v) is 4.78. The van der Waals surface area contributed by atoms with Crippen molar-refractivity contribution in [2.45, 2.75) is 18.9 Å². The normalized spacial score (nSPS) is 16.8. The third kappa shape index (κ3) is 4.71. The standard InChI is InChI=1S/C21H23FN2O3/c1-27-18-7-5-15(6-8-18)20(25)9-10-21(26)24-12-11-23-14-19(24)16-3-2-4-17(22)13-16/h2-8,13,19,23H,9-12,14H2,1H3. The van der Waals surface area contributed by atoms with Crippen LogP contribution in [0.4, 0.5) is 4.39 Å². The van der Waals surface area contributed by atoms with E-state index in [9.17, 15) is 14.0 Å². The first kappa shape index (κ1) is 19.0. The Hall–Kier alpha value is -2.73. The summed E-state index contributed by atoms with van der Waals surface area (Å²) in [6, 6.07) is 12.9. The summed E-state index contributed by atoms with van der Waals surface area (Å²) in [6.07, 6.45) is 0.279. The first-order chi connectivity index (χ1) is 13.1. The van der Waals surface area contributed by atoms with Gasteiger partial charge in [-0.2, -0.15) is 0 Å². The van der Waals surface area contributed by atoms with Gasteiger partial charge in [0.15, 0.2) is 5.78 Å². The maximum atomic E-state index is 13.6. The summed E-state index contributed by atoms with van der Waals surface area (Å²) in [5.74, 6) is 0.192. The zero-order valence-electron chi connectivity index (χ0n) is 15.3. The number of Topliss-reactive ketones (excluding diaryl/α,β-unsaturated/α-hetero) is 1. The minimum absolute atomic E-state index is 0.0801. The quantitative estimate of drug-likeness (QED) is 0.795. The minimum atomic E-state index is -0.319. The molecule has 2 aromatic carbocycles. The number of piperazine rings is 1. The lowest BCUT2D eigenvalue weighted by molar-refractivity contribution is -0.134. The zero-order chi connectivity index (χ0) is 19.2. The molecule has 0 bridgehead atoms. The second-order valence-corrected chi connectivity index (χ2v) is 6.51. The summed E-state index contributed by atoms with van der Waals surface area (Å²) in [5.41, 5.74) is 1.32. The first-order valence-electron chi connectivity index (χ1n) is 9.01. The topological polar surface area (TPSA) is 58.6 Å². The van der Waals surface area contributed by atoms with Crippen LogP contribution in [0.25, 0.3) is 0 Å². The Bertz CT molecular complexity index is 807. The molecule has 1 saturated heterocycles. The van der Waals surface area contributed by atoms with Gasteiger partial charge in [-0.1, -0.05) is 12.1 Å². The second kappa shape index (κ2) is 8.77. The molecule has 1 fully saturated rings. The van der Waals surface area contributed by atoms with E-state index in [2.05, 4.69) is 5.32 Å². The summed E-state index contributed by atoms with van der Waals surface area (Å²) in [4.78, 5) is 26.8. The average molecular weight is 370 g/mol. The van der Waals surface area contributed by atoms with Crippen molar-refractivity contribution in [1.82, 2.24) is 10.2 Å². The van der Waals surface area contributed by atoms with Gasteiger partial charge in [-0.25, -0.2) is 4.39 Å². The van der Waals surface area contributed by atoms with Gasteiger partial charge in [0.05, 0.1) is 13.2 Å². The van der Waals surface area contributed by atoms with E-state index in [1.807, 2.05) is 6.07 Å². The molecule has 2 aromatic rings. The Morgan fingerprint density at radius 2 is 1.96 bits per heavy atom. The SMILES string of the molecule is COc1ccc(C(=O)CCC(=O)N2CCNCC2c2cccc(F)c2)cc1. The molecule has 6 heteroatoms. The number of nitrogens with one attached hydrogen (secondary N) is 1. The first-order valence-corrected chi connectivity index (χ1v) is 9.01. The van der Waals surface area contributed by atoms with Crippen molar-refractivity contribution >= 4 is 11.7 Å². The van der Waals surface area contributed by atoms with E-state index in [4.69, 9.17) is 4.74 Å². The van der Waals surface area contributed by atoms with Crippen molar-refractivity contribution < 1.29 is 18.7 Å². The monoisotopic (exact) mass is 370 g/mol. The maximum absolute atomic E-state index is 13.6. The predicted molar refractivity (Wildman–Crippen MR) is 100 cm³/mol. The van der Waals surface area contributed by atoms with Crippen LogP contribution < -0.4 is 10.1 Å². The molecular formula is C21H23FN2O3. The molecule has 0 radical (unpaired) electrons. The van der Waals surface area contributed by atoms with Gasteiger partial charge in [0.25, 0.3) is 0 Å². The van der Waals surface area contributed by atoms with Crippen LogP contribution in [0.5, 0.6) is 5.75 Å². The highest BCUT2D eigenvalue weighted by Crippen LogP contribution is 2.24. The van der Waals surface area contributed by atoms with Crippen molar-refractivity contribution in [1.29, 1.82) is 0 Å². The molecule has 5 nitrogen and oxygen atoms in total. The number of benzene rings is 2. The fourth-order valence-corrected chi connectivity index (χ4v) is 3.30. The molecule has 0 aromatic heterocycles. The molecule has 0 saturated carbocycles. The van der Waals surface area contributed by atoms with Crippen LogP contribution in [-0.2, 0) is 4.79 Å². The zero-order valence-corrected chi connectivity index (χ0v) is 15.3. The molecule has 0 aliphatic carbocycles. The summed E-state index contributed by atoms with van der Waals surface area (Å²) in [7, 11) is 1.57. The van der Waals surface area contributed by atoms with Gasteiger partial charge in [0.2, 0.25) is 5.91 Å². The number of rotatable bonds is 6. The largest absolute Gasteiger partial charge is 0.497 e. The molecule has 1 atom stereocenters.